The lowest BCUT2D eigenvalue weighted by molar-refractivity contribution is 0.322. The number of benzene rings is 1. The average molecular weight is 257 g/mol. The van der Waals surface area contributed by atoms with Gasteiger partial charge in [-0.05, 0) is 50.0 Å². The Morgan fingerprint density at radius 3 is 3.11 bits per heavy atom. The largest absolute Gasteiger partial charge is 0.508 e. The molecule has 2 N–H and O–H groups in total. The Morgan fingerprint density at radius 2 is 2.32 bits per heavy atom. The third-order valence-corrected chi connectivity index (χ3v) is 3.93. The van der Waals surface area contributed by atoms with Crippen molar-refractivity contribution in [1.82, 2.24) is 9.88 Å². The van der Waals surface area contributed by atoms with Gasteiger partial charge in [0.25, 0.3) is 0 Å². The molecule has 0 bridgehead atoms. The zero-order valence-electron chi connectivity index (χ0n) is 11.1. The van der Waals surface area contributed by atoms with E-state index in [0.717, 1.165) is 23.1 Å². The van der Waals surface area contributed by atoms with Crippen LogP contribution in [0.5, 0.6) is 5.75 Å². The molecular formula is C15H19N3O. The monoisotopic (exact) mass is 257 g/mol. The highest BCUT2D eigenvalue weighted by Gasteiger charge is 2.20. The third-order valence-electron chi connectivity index (χ3n) is 3.93. The Morgan fingerprint density at radius 1 is 1.42 bits per heavy atom. The molecule has 19 heavy (non-hydrogen) atoms. The van der Waals surface area contributed by atoms with Crippen molar-refractivity contribution >= 4 is 16.6 Å². The third kappa shape index (κ3) is 2.49. The quantitative estimate of drug-likeness (QED) is 0.886. The fourth-order valence-corrected chi connectivity index (χ4v) is 2.75. The molecule has 0 spiro atoms. The van der Waals surface area contributed by atoms with Crippen LogP contribution in [0, 0.1) is 0 Å². The number of rotatable bonds is 3. The summed E-state index contributed by atoms with van der Waals surface area (Å²) in [4.78, 5) is 6.78. The van der Waals surface area contributed by atoms with Gasteiger partial charge in [-0.3, -0.25) is 0 Å². The Labute approximate surface area is 113 Å². The van der Waals surface area contributed by atoms with Crippen LogP contribution in [0.2, 0.25) is 0 Å². The van der Waals surface area contributed by atoms with Gasteiger partial charge in [-0.2, -0.15) is 0 Å². The summed E-state index contributed by atoms with van der Waals surface area (Å²) in [6.07, 6.45) is 4.31. The second kappa shape index (κ2) is 5.05. The number of hydrogen-bond donors (Lipinski definition) is 2. The van der Waals surface area contributed by atoms with E-state index in [1.807, 2.05) is 12.1 Å². The van der Waals surface area contributed by atoms with Crippen LogP contribution in [0.15, 0.2) is 30.5 Å². The van der Waals surface area contributed by atoms with E-state index < -0.39 is 0 Å². The van der Waals surface area contributed by atoms with E-state index in [-0.39, 0.29) is 5.75 Å². The lowest BCUT2D eigenvalue weighted by atomic mass is 10.1. The summed E-state index contributed by atoms with van der Waals surface area (Å²) in [7, 11) is 2.17. The lowest BCUT2D eigenvalue weighted by Gasteiger charge is -2.20. The summed E-state index contributed by atoms with van der Waals surface area (Å²) in [6.45, 7) is 2.08. The summed E-state index contributed by atoms with van der Waals surface area (Å²) in [5.74, 6) is 1.13. The normalized spacial score (nSPS) is 19.9. The zero-order chi connectivity index (χ0) is 13.2. The standard InChI is InChI=1S/C15H19N3O/c1-18-8-2-3-12(18)10-17-15-14-9-13(19)5-4-11(14)6-7-16-15/h4-7,9,12,19H,2-3,8,10H2,1H3,(H,16,17). The molecule has 2 heterocycles. The molecule has 1 aliphatic heterocycles. The maximum atomic E-state index is 9.61. The Kier molecular flexibility index (Phi) is 3.25. The average Bonchev–Trinajstić information content (AvgIpc) is 2.82. The predicted molar refractivity (Wildman–Crippen MR) is 77.5 cm³/mol. The molecule has 3 rings (SSSR count). The number of pyridine rings is 1. The number of hydrogen-bond acceptors (Lipinski definition) is 4. The molecule has 4 heteroatoms. The smallest absolute Gasteiger partial charge is 0.134 e. The number of nitrogens with zero attached hydrogens (tertiary/aromatic N) is 2. The molecule has 1 aliphatic rings. The van der Waals surface area contributed by atoms with Gasteiger partial charge in [0.15, 0.2) is 0 Å². The zero-order valence-corrected chi connectivity index (χ0v) is 11.1. The molecule has 100 valence electrons. The molecule has 1 unspecified atom stereocenters. The molecule has 0 saturated carbocycles. The van der Waals surface area contributed by atoms with E-state index in [2.05, 4.69) is 22.2 Å². The van der Waals surface area contributed by atoms with Crippen LogP contribution in [0.1, 0.15) is 12.8 Å². The summed E-state index contributed by atoms with van der Waals surface area (Å²) in [5.41, 5.74) is 0. The number of likely N-dealkylation sites (N-methyl/N-ethyl adjacent to an activating group) is 1. The number of nitrogens with one attached hydrogen (secondary N) is 1. The molecule has 1 fully saturated rings. The van der Waals surface area contributed by atoms with E-state index in [1.165, 1.54) is 19.4 Å². The van der Waals surface area contributed by atoms with Gasteiger partial charge in [0, 0.05) is 24.2 Å². The van der Waals surface area contributed by atoms with Gasteiger partial charge in [-0.15, -0.1) is 0 Å². The van der Waals surface area contributed by atoms with E-state index in [4.69, 9.17) is 0 Å². The number of aromatic nitrogens is 1. The first-order chi connectivity index (χ1) is 9.24. The van der Waals surface area contributed by atoms with Gasteiger partial charge in [0.2, 0.25) is 0 Å². The van der Waals surface area contributed by atoms with Gasteiger partial charge in [-0.1, -0.05) is 6.07 Å². The first-order valence-corrected chi connectivity index (χ1v) is 6.76. The fourth-order valence-electron chi connectivity index (χ4n) is 2.75. The maximum absolute atomic E-state index is 9.61. The minimum atomic E-state index is 0.279. The molecule has 1 atom stereocenters. The van der Waals surface area contributed by atoms with Crippen LogP contribution in [-0.2, 0) is 0 Å². The number of anilines is 1. The van der Waals surface area contributed by atoms with E-state index >= 15 is 0 Å². The molecule has 1 aromatic carbocycles. The highest BCUT2D eigenvalue weighted by molar-refractivity contribution is 5.92. The fraction of sp³-hybridized carbons (Fsp3) is 0.400. The van der Waals surface area contributed by atoms with Gasteiger partial charge in [0.1, 0.15) is 11.6 Å². The van der Waals surface area contributed by atoms with Gasteiger partial charge < -0.3 is 15.3 Å². The molecule has 0 aliphatic carbocycles. The Balaban J connectivity index is 1.82. The van der Waals surface area contributed by atoms with Crippen molar-refractivity contribution in [3.05, 3.63) is 30.5 Å². The van der Waals surface area contributed by atoms with Crippen LogP contribution >= 0.6 is 0 Å². The molecular weight excluding hydrogens is 238 g/mol. The SMILES string of the molecule is CN1CCCC1CNc1nccc2ccc(O)cc12. The van der Waals surface area contributed by atoms with E-state index in [0.29, 0.717) is 6.04 Å². The minimum Gasteiger partial charge on any atom is -0.508 e. The molecule has 4 nitrogen and oxygen atoms in total. The summed E-state index contributed by atoms with van der Waals surface area (Å²) < 4.78 is 0. The second-order valence-corrected chi connectivity index (χ2v) is 5.22. The van der Waals surface area contributed by atoms with Crippen LogP contribution in [-0.4, -0.2) is 41.2 Å². The van der Waals surface area contributed by atoms with Gasteiger partial charge in [-0.25, -0.2) is 4.98 Å². The number of likely N-dealkylation sites (tertiary alicyclic amines) is 1. The van der Waals surface area contributed by atoms with Crippen molar-refractivity contribution < 1.29 is 5.11 Å². The van der Waals surface area contributed by atoms with Crippen molar-refractivity contribution in [2.24, 2.45) is 0 Å². The van der Waals surface area contributed by atoms with Crippen molar-refractivity contribution in [3.8, 4) is 5.75 Å². The number of phenols is 1. The summed E-state index contributed by atoms with van der Waals surface area (Å²) in [5, 5.41) is 15.1. The van der Waals surface area contributed by atoms with Crippen LogP contribution in [0.4, 0.5) is 5.82 Å². The molecule has 1 saturated heterocycles. The number of fused-ring (bicyclic) bond motifs is 1. The predicted octanol–water partition coefficient (Wildman–Crippen LogP) is 2.45. The summed E-state index contributed by atoms with van der Waals surface area (Å²) >= 11 is 0. The highest BCUT2D eigenvalue weighted by atomic mass is 16.3. The highest BCUT2D eigenvalue weighted by Crippen LogP contribution is 2.25. The molecule has 1 aromatic heterocycles. The van der Waals surface area contributed by atoms with Crippen LogP contribution in [0.25, 0.3) is 10.8 Å². The van der Waals surface area contributed by atoms with Crippen LogP contribution in [0.3, 0.4) is 0 Å². The van der Waals surface area contributed by atoms with Crippen LogP contribution < -0.4 is 5.32 Å². The van der Waals surface area contributed by atoms with Crippen molar-refractivity contribution in [1.29, 1.82) is 0 Å². The van der Waals surface area contributed by atoms with Crippen molar-refractivity contribution in [2.75, 3.05) is 25.5 Å². The Bertz CT molecular complexity index is 585. The molecule has 0 amide bonds. The first kappa shape index (κ1) is 12.2. The van der Waals surface area contributed by atoms with Gasteiger partial charge >= 0.3 is 0 Å². The minimum absolute atomic E-state index is 0.279. The topological polar surface area (TPSA) is 48.4 Å². The number of aromatic hydroxyl groups is 1. The second-order valence-electron chi connectivity index (χ2n) is 5.22. The first-order valence-electron chi connectivity index (χ1n) is 6.76. The van der Waals surface area contributed by atoms with E-state index in [1.54, 1.807) is 18.3 Å². The molecule has 0 radical (unpaired) electrons. The van der Waals surface area contributed by atoms with Crippen molar-refractivity contribution in [2.45, 2.75) is 18.9 Å². The Hall–Kier alpha value is -1.81. The summed E-state index contributed by atoms with van der Waals surface area (Å²) in [6, 6.07) is 7.93. The lowest BCUT2D eigenvalue weighted by Crippen LogP contribution is -2.31. The number of phenolic OH excluding ortho intramolecular Hbond substituents is 1. The molecule has 2 aromatic rings. The van der Waals surface area contributed by atoms with Crippen molar-refractivity contribution in [3.63, 3.8) is 0 Å². The van der Waals surface area contributed by atoms with E-state index in [9.17, 15) is 5.11 Å². The van der Waals surface area contributed by atoms with Gasteiger partial charge in [0.05, 0.1) is 0 Å². The maximum Gasteiger partial charge on any atom is 0.134 e.